The molecule has 1 fully saturated rings. The summed E-state index contributed by atoms with van der Waals surface area (Å²) < 4.78 is 1.71. The van der Waals surface area contributed by atoms with E-state index in [0.717, 1.165) is 37.3 Å². The number of aromatic nitrogens is 1. The third kappa shape index (κ3) is 5.34. The van der Waals surface area contributed by atoms with Gasteiger partial charge in [-0.2, -0.15) is 0 Å². The average molecular weight is 397 g/mol. The van der Waals surface area contributed by atoms with Gasteiger partial charge in [0.2, 0.25) is 0 Å². The number of aryl methyl sites for hydroxylation is 1. The molecule has 0 bridgehead atoms. The third-order valence-corrected chi connectivity index (χ3v) is 5.50. The van der Waals surface area contributed by atoms with Crippen LogP contribution >= 0.6 is 0 Å². The second-order valence-electron chi connectivity index (χ2n) is 8.22. The number of nitrogens with zero attached hydrogens (tertiary/aromatic N) is 2. The summed E-state index contributed by atoms with van der Waals surface area (Å²) in [4.78, 5) is 27.7. The number of likely N-dealkylation sites (tertiary alicyclic amines) is 1. The van der Waals surface area contributed by atoms with Gasteiger partial charge in [0.15, 0.2) is 5.78 Å². The third-order valence-electron chi connectivity index (χ3n) is 5.50. The Morgan fingerprint density at radius 2 is 1.76 bits per heavy atom. The van der Waals surface area contributed by atoms with Crippen LogP contribution in [0.1, 0.15) is 58.8 Å². The molecular weight excluding hydrogens is 364 g/mol. The molecule has 1 amide bonds. The van der Waals surface area contributed by atoms with Gasteiger partial charge in [-0.05, 0) is 44.9 Å². The lowest BCUT2D eigenvalue weighted by molar-refractivity contribution is 0.0900. The molecule has 0 radical (unpaired) electrons. The standard InChI is InChI=1S/C23H32N4O2/c1-16(2)24-20-10-12-26(13-11-20)15-22(28)21-14-17(3)27(18(21)4)25-23(29)19-8-6-5-7-9-19/h5-9,14,16,20,24H,10-13,15H2,1-4H3,(H,25,29). The van der Waals surface area contributed by atoms with E-state index in [1.807, 2.05) is 38.1 Å². The number of hydrogen-bond acceptors (Lipinski definition) is 4. The molecule has 6 heteroatoms. The highest BCUT2D eigenvalue weighted by molar-refractivity contribution is 6.01. The normalized spacial score (nSPS) is 15.6. The van der Waals surface area contributed by atoms with Crippen LogP contribution in [-0.4, -0.2) is 53.0 Å². The highest BCUT2D eigenvalue weighted by Crippen LogP contribution is 2.17. The van der Waals surface area contributed by atoms with E-state index in [1.165, 1.54) is 0 Å². The summed E-state index contributed by atoms with van der Waals surface area (Å²) in [6, 6.07) is 12.0. The first kappa shape index (κ1) is 21.3. The van der Waals surface area contributed by atoms with Gasteiger partial charge in [-0.1, -0.05) is 32.0 Å². The average Bonchev–Trinajstić information content (AvgIpc) is 2.98. The van der Waals surface area contributed by atoms with Crippen LogP contribution in [0.15, 0.2) is 36.4 Å². The highest BCUT2D eigenvalue weighted by atomic mass is 16.2. The molecular formula is C23H32N4O2. The Balaban J connectivity index is 1.62. The molecule has 1 aliphatic heterocycles. The maximum atomic E-state index is 12.9. The summed E-state index contributed by atoms with van der Waals surface area (Å²) in [5, 5.41) is 3.58. The summed E-state index contributed by atoms with van der Waals surface area (Å²) >= 11 is 0. The number of rotatable bonds is 7. The molecule has 1 aliphatic rings. The van der Waals surface area contributed by atoms with Crippen LogP contribution in [-0.2, 0) is 0 Å². The van der Waals surface area contributed by atoms with Crippen molar-refractivity contribution in [1.29, 1.82) is 0 Å². The van der Waals surface area contributed by atoms with Gasteiger partial charge in [0.1, 0.15) is 0 Å². The molecule has 1 saturated heterocycles. The summed E-state index contributed by atoms with van der Waals surface area (Å²) in [7, 11) is 0. The number of piperidine rings is 1. The van der Waals surface area contributed by atoms with E-state index in [0.29, 0.717) is 29.8 Å². The SMILES string of the molecule is Cc1cc(C(=O)CN2CCC(NC(C)C)CC2)c(C)n1NC(=O)c1ccccc1. The number of amides is 1. The fourth-order valence-corrected chi connectivity index (χ4v) is 3.99. The van der Waals surface area contributed by atoms with Crippen LogP contribution < -0.4 is 10.7 Å². The van der Waals surface area contributed by atoms with Crippen molar-refractivity contribution in [2.45, 2.75) is 52.6 Å². The number of benzene rings is 1. The van der Waals surface area contributed by atoms with Gasteiger partial charge in [-0.15, -0.1) is 0 Å². The zero-order valence-corrected chi connectivity index (χ0v) is 17.9. The van der Waals surface area contributed by atoms with Crippen LogP contribution in [0.5, 0.6) is 0 Å². The van der Waals surface area contributed by atoms with E-state index >= 15 is 0 Å². The first-order valence-electron chi connectivity index (χ1n) is 10.4. The number of ketones is 1. The lowest BCUT2D eigenvalue weighted by atomic mass is 10.0. The molecule has 156 valence electrons. The fourth-order valence-electron chi connectivity index (χ4n) is 3.99. The highest BCUT2D eigenvalue weighted by Gasteiger charge is 2.23. The van der Waals surface area contributed by atoms with Gasteiger partial charge in [0.05, 0.1) is 6.54 Å². The van der Waals surface area contributed by atoms with Gasteiger partial charge in [0.25, 0.3) is 5.91 Å². The van der Waals surface area contributed by atoms with Gasteiger partial charge >= 0.3 is 0 Å². The topological polar surface area (TPSA) is 66.4 Å². The number of carbonyl (C=O) groups excluding carboxylic acids is 2. The van der Waals surface area contributed by atoms with Crippen LogP contribution in [0.4, 0.5) is 0 Å². The lowest BCUT2D eigenvalue weighted by Gasteiger charge is -2.33. The minimum Gasteiger partial charge on any atom is -0.312 e. The Morgan fingerprint density at radius 3 is 2.38 bits per heavy atom. The summed E-state index contributed by atoms with van der Waals surface area (Å²) in [6.45, 7) is 10.4. The first-order chi connectivity index (χ1) is 13.8. The van der Waals surface area contributed by atoms with E-state index in [-0.39, 0.29) is 11.7 Å². The molecule has 6 nitrogen and oxygen atoms in total. The Morgan fingerprint density at radius 1 is 1.10 bits per heavy atom. The van der Waals surface area contributed by atoms with Crippen molar-refractivity contribution < 1.29 is 9.59 Å². The second kappa shape index (κ2) is 9.37. The van der Waals surface area contributed by atoms with Crippen molar-refractivity contribution in [1.82, 2.24) is 14.9 Å². The number of nitrogens with one attached hydrogen (secondary N) is 2. The first-order valence-corrected chi connectivity index (χ1v) is 10.4. The summed E-state index contributed by atoms with van der Waals surface area (Å²) in [5.41, 5.74) is 5.78. The molecule has 0 atom stereocenters. The van der Waals surface area contributed by atoms with Crippen LogP contribution in [0, 0.1) is 13.8 Å². The van der Waals surface area contributed by atoms with Crippen LogP contribution in [0.25, 0.3) is 0 Å². The maximum absolute atomic E-state index is 12.9. The molecule has 0 unspecified atom stereocenters. The Kier molecular flexibility index (Phi) is 6.87. The fraction of sp³-hybridized carbons (Fsp3) is 0.478. The van der Waals surface area contributed by atoms with Gasteiger partial charge < -0.3 is 5.32 Å². The van der Waals surface area contributed by atoms with Crippen molar-refractivity contribution in [2.24, 2.45) is 0 Å². The van der Waals surface area contributed by atoms with Crippen molar-refractivity contribution in [3.05, 3.63) is 58.9 Å². The van der Waals surface area contributed by atoms with Crippen molar-refractivity contribution >= 4 is 11.7 Å². The van der Waals surface area contributed by atoms with E-state index in [4.69, 9.17) is 0 Å². The lowest BCUT2D eigenvalue weighted by Crippen LogP contribution is -2.46. The Bertz CT molecular complexity index is 849. The predicted octanol–water partition coefficient (Wildman–Crippen LogP) is 3.13. The zero-order chi connectivity index (χ0) is 21.0. The molecule has 0 spiro atoms. The number of hydrogen-bond donors (Lipinski definition) is 2. The Hall–Kier alpha value is -2.44. The molecule has 2 aromatic rings. The number of Topliss-reactive ketones (excluding diaryl/α,β-unsaturated/α-hetero) is 1. The molecule has 3 rings (SSSR count). The molecule has 29 heavy (non-hydrogen) atoms. The van der Waals surface area contributed by atoms with E-state index in [2.05, 4.69) is 29.5 Å². The molecule has 1 aromatic heterocycles. The molecule has 2 N–H and O–H groups in total. The second-order valence-corrected chi connectivity index (χ2v) is 8.22. The van der Waals surface area contributed by atoms with Gasteiger partial charge in [0, 0.05) is 47.7 Å². The van der Waals surface area contributed by atoms with Crippen LogP contribution in [0.3, 0.4) is 0 Å². The van der Waals surface area contributed by atoms with Crippen LogP contribution in [0.2, 0.25) is 0 Å². The minimum absolute atomic E-state index is 0.105. The van der Waals surface area contributed by atoms with Gasteiger partial charge in [-0.3, -0.25) is 24.6 Å². The largest absolute Gasteiger partial charge is 0.312 e. The number of carbonyl (C=O) groups is 2. The van der Waals surface area contributed by atoms with E-state index in [9.17, 15) is 9.59 Å². The smallest absolute Gasteiger partial charge is 0.270 e. The van der Waals surface area contributed by atoms with E-state index < -0.39 is 0 Å². The van der Waals surface area contributed by atoms with E-state index in [1.54, 1.807) is 16.8 Å². The Labute approximate surface area is 173 Å². The van der Waals surface area contributed by atoms with Gasteiger partial charge in [-0.25, -0.2) is 0 Å². The molecule has 0 saturated carbocycles. The molecule has 1 aromatic carbocycles. The summed E-state index contributed by atoms with van der Waals surface area (Å²) in [5.74, 6) is -0.0836. The molecule has 0 aliphatic carbocycles. The summed E-state index contributed by atoms with van der Waals surface area (Å²) in [6.07, 6.45) is 2.13. The molecule has 2 heterocycles. The predicted molar refractivity (Wildman–Crippen MR) is 116 cm³/mol. The maximum Gasteiger partial charge on any atom is 0.270 e. The monoisotopic (exact) mass is 396 g/mol. The quantitative estimate of drug-likeness (QED) is 0.706. The van der Waals surface area contributed by atoms with Crippen molar-refractivity contribution in [3.8, 4) is 0 Å². The van der Waals surface area contributed by atoms with Crippen molar-refractivity contribution in [3.63, 3.8) is 0 Å². The zero-order valence-electron chi connectivity index (χ0n) is 17.9. The minimum atomic E-state index is -0.189. The van der Waals surface area contributed by atoms with Crippen molar-refractivity contribution in [2.75, 3.05) is 25.1 Å².